The van der Waals surface area contributed by atoms with Crippen LogP contribution in [0, 0.1) is 4.77 Å². The Kier molecular flexibility index (Phi) is 5.49. The summed E-state index contributed by atoms with van der Waals surface area (Å²) in [7, 11) is 0. The number of hydrogen-bond acceptors (Lipinski definition) is 6. The molecule has 0 aliphatic carbocycles. The highest BCUT2D eigenvalue weighted by Gasteiger charge is 2.26. The summed E-state index contributed by atoms with van der Waals surface area (Å²) in [6.07, 6.45) is 1.91. The molecular formula is C18H26N4OS2. The molecule has 2 rings (SSSR count). The Bertz CT molecular complexity index is 797. The van der Waals surface area contributed by atoms with E-state index in [1.165, 1.54) is 11.8 Å². The molecule has 0 fully saturated rings. The van der Waals surface area contributed by atoms with Crippen molar-refractivity contribution in [3.63, 3.8) is 0 Å². The minimum atomic E-state index is -0.190. The van der Waals surface area contributed by atoms with E-state index in [2.05, 4.69) is 61.8 Å². The van der Waals surface area contributed by atoms with Gasteiger partial charge in [0.15, 0.2) is 5.16 Å². The molecule has 0 saturated carbocycles. The Morgan fingerprint density at radius 2 is 1.56 bits per heavy atom. The molecule has 0 aliphatic rings. The lowest BCUT2D eigenvalue weighted by Crippen LogP contribution is -2.17. The number of aromatic nitrogens is 3. The van der Waals surface area contributed by atoms with Crippen molar-refractivity contribution >= 4 is 35.6 Å². The number of thioether (sulfide) groups is 1. The smallest absolute Gasteiger partial charge is 0.209 e. The number of nitrogens with zero attached hydrogens (tertiary/aromatic N) is 2. The first kappa shape index (κ1) is 19.7. The molecule has 2 aromatic rings. The normalized spacial score (nSPS) is 12.3. The first-order chi connectivity index (χ1) is 11.4. The number of aromatic hydroxyl groups is 1. The van der Waals surface area contributed by atoms with Crippen LogP contribution in [0.3, 0.4) is 0 Å². The minimum absolute atomic E-state index is 0.190. The van der Waals surface area contributed by atoms with Crippen molar-refractivity contribution < 1.29 is 5.11 Å². The average molecular weight is 379 g/mol. The van der Waals surface area contributed by atoms with Gasteiger partial charge in [-0.3, -0.25) is 0 Å². The number of phenolic OH excluding ortho intramolecular Hbond substituents is 1. The van der Waals surface area contributed by atoms with Crippen LogP contribution in [0.2, 0.25) is 0 Å². The van der Waals surface area contributed by atoms with Crippen LogP contribution in [0.4, 0.5) is 11.6 Å². The van der Waals surface area contributed by atoms with Crippen LogP contribution in [0.1, 0.15) is 52.7 Å². The highest BCUT2D eigenvalue weighted by atomic mass is 32.2. The maximum atomic E-state index is 10.8. The number of anilines is 2. The highest BCUT2D eigenvalue weighted by Crippen LogP contribution is 2.41. The molecule has 0 aliphatic heterocycles. The monoisotopic (exact) mass is 378 g/mol. The Morgan fingerprint density at radius 1 is 1.04 bits per heavy atom. The molecule has 0 amide bonds. The van der Waals surface area contributed by atoms with Gasteiger partial charge < -0.3 is 15.4 Å². The van der Waals surface area contributed by atoms with Crippen LogP contribution in [0.15, 0.2) is 17.3 Å². The summed E-state index contributed by atoms with van der Waals surface area (Å²) in [6.45, 7) is 12.5. The van der Waals surface area contributed by atoms with E-state index >= 15 is 0 Å². The fourth-order valence-electron chi connectivity index (χ4n) is 2.50. The van der Waals surface area contributed by atoms with Crippen LogP contribution in [-0.4, -0.2) is 26.3 Å². The summed E-state index contributed by atoms with van der Waals surface area (Å²) in [5.74, 6) is 0.890. The lowest BCUT2D eigenvalue weighted by Gasteiger charge is -2.28. The third kappa shape index (κ3) is 4.73. The zero-order valence-corrected chi connectivity index (χ0v) is 17.4. The largest absolute Gasteiger partial charge is 0.507 e. The van der Waals surface area contributed by atoms with Crippen molar-refractivity contribution in [2.24, 2.45) is 0 Å². The molecule has 25 heavy (non-hydrogen) atoms. The van der Waals surface area contributed by atoms with Crippen molar-refractivity contribution in [3.05, 3.63) is 28.0 Å². The average Bonchev–Trinajstić information content (AvgIpc) is 2.45. The van der Waals surface area contributed by atoms with Crippen molar-refractivity contribution in [2.45, 2.75) is 57.5 Å². The van der Waals surface area contributed by atoms with Gasteiger partial charge in [-0.15, -0.1) is 0 Å². The zero-order valence-electron chi connectivity index (χ0n) is 15.8. The molecule has 0 spiro atoms. The number of phenols is 1. The van der Waals surface area contributed by atoms with E-state index in [4.69, 9.17) is 12.2 Å². The summed E-state index contributed by atoms with van der Waals surface area (Å²) in [5, 5.41) is 14.7. The van der Waals surface area contributed by atoms with Crippen molar-refractivity contribution in [2.75, 3.05) is 11.6 Å². The molecule has 1 aromatic carbocycles. The van der Waals surface area contributed by atoms with Gasteiger partial charge in [0.05, 0.1) is 0 Å². The Hall–Kier alpha value is -1.60. The second-order valence-electron chi connectivity index (χ2n) is 8.03. The maximum absolute atomic E-state index is 10.8. The van der Waals surface area contributed by atoms with Crippen LogP contribution in [-0.2, 0) is 10.8 Å². The molecule has 5 nitrogen and oxygen atoms in total. The first-order valence-electron chi connectivity index (χ1n) is 8.09. The van der Waals surface area contributed by atoms with Gasteiger partial charge in [-0.25, -0.2) is 0 Å². The number of aromatic amines is 1. The van der Waals surface area contributed by atoms with E-state index in [0.29, 0.717) is 21.6 Å². The van der Waals surface area contributed by atoms with E-state index < -0.39 is 0 Å². The summed E-state index contributed by atoms with van der Waals surface area (Å²) in [6, 6.07) is 3.92. The SMILES string of the molecule is CSc1nc(Nc2cc(C(C)(C)C)c(O)c(C(C)(C)C)c2)[nH]c(=S)n1. The fourth-order valence-corrected chi connectivity index (χ4v) is 3.11. The van der Waals surface area contributed by atoms with E-state index in [1.807, 2.05) is 18.4 Å². The van der Waals surface area contributed by atoms with Gasteiger partial charge in [-0.05, 0) is 41.4 Å². The highest BCUT2D eigenvalue weighted by molar-refractivity contribution is 7.98. The van der Waals surface area contributed by atoms with Gasteiger partial charge in [-0.2, -0.15) is 9.97 Å². The Labute approximate surface area is 158 Å². The predicted octanol–water partition coefficient (Wildman–Crippen LogP) is 5.30. The van der Waals surface area contributed by atoms with Crippen LogP contribution in [0.25, 0.3) is 0 Å². The molecule has 7 heteroatoms. The fraction of sp³-hybridized carbons (Fsp3) is 0.500. The van der Waals surface area contributed by atoms with Crippen LogP contribution >= 0.6 is 24.0 Å². The lowest BCUT2D eigenvalue weighted by molar-refractivity contribution is 0.423. The van der Waals surface area contributed by atoms with Crippen LogP contribution < -0.4 is 5.32 Å². The molecule has 0 saturated heterocycles. The topological polar surface area (TPSA) is 73.8 Å². The standard InChI is InChI=1S/C18H26N4OS2/c1-17(2,3)11-8-10(9-12(13(11)23)18(4,5)6)19-14-20-15(24)22-16(21-14)25-7/h8-9,23H,1-7H3,(H2,19,20,21,22,24). The molecular weight excluding hydrogens is 352 g/mol. The van der Waals surface area contributed by atoms with Gasteiger partial charge in [0.1, 0.15) is 5.75 Å². The number of hydrogen-bond donors (Lipinski definition) is 3. The van der Waals surface area contributed by atoms with Gasteiger partial charge in [-0.1, -0.05) is 53.3 Å². The number of rotatable bonds is 3. The molecule has 3 N–H and O–H groups in total. The Balaban J connectivity index is 2.58. The summed E-state index contributed by atoms with van der Waals surface area (Å²) >= 11 is 6.60. The Morgan fingerprint density at radius 3 is 2.00 bits per heavy atom. The summed E-state index contributed by atoms with van der Waals surface area (Å²) < 4.78 is 0.382. The van der Waals surface area contributed by atoms with Gasteiger partial charge in [0.2, 0.25) is 10.7 Å². The second-order valence-corrected chi connectivity index (χ2v) is 9.19. The molecule has 0 bridgehead atoms. The van der Waals surface area contributed by atoms with E-state index in [-0.39, 0.29) is 10.8 Å². The van der Waals surface area contributed by atoms with Gasteiger partial charge in [0, 0.05) is 16.8 Å². The number of nitrogens with one attached hydrogen (secondary N) is 2. The molecule has 0 radical (unpaired) electrons. The maximum Gasteiger partial charge on any atom is 0.209 e. The third-order valence-electron chi connectivity index (χ3n) is 3.80. The summed E-state index contributed by atoms with van der Waals surface area (Å²) in [5.41, 5.74) is 2.25. The van der Waals surface area contributed by atoms with E-state index in [1.54, 1.807) is 0 Å². The summed E-state index contributed by atoms with van der Waals surface area (Å²) in [4.78, 5) is 11.5. The van der Waals surface area contributed by atoms with Crippen LogP contribution in [0.5, 0.6) is 5.75 Å². The molecule has 136 valence electrons. The third-order valence-corrected chi connectivity index (χ3v) is 4.54. The minimum Gasteiger partial charge on any atom is -0.507 e. The quantitative estimate of drug-likeness (QED) is 0.382. The second kappa shape index (κ2) is 6.96. The van der Waals surface area contributed by atoms with Gasteiger partial charge in [0.25, 0.3) is 0 Å². The number of H-pyrrole nitrogens is 1. The van der Waals surface area contributed by atoms with E-state index in [9.17, 15) is 5.11 Å². The lowest BCUT2D eigenvalue weighted by atomic mass is 9.79. The molecule has 0 atom stereocenters. The predicted molar refractivity (Wildman–Crippen MR) is 108 cm³/mol. The number of benzene rings is 1. The van der Waals surface area contributed by atoms with Crippen molar-refractivity contribution in [3.8, 4) is 5.75 Å². The van der Waals surface area contributed by atoms with E-state index in [0.717, 1.165) is 16.8 Å². The van der Waals surface area contributed by atoms with Gasteiger partial charge >= 0.3 is 0 Å². The zero-order chi connectivity index (χ0) is 19.0. The molecule has 1 aromatic heterocycles. The van der Waals surface area contributed by atoms with Crippen molar-refractivity contribution in [1.82, 2.24) is 15.0 Å². The molecule has 1 heterocycles. The molecule has 0 unspecified atom stereocenters. The van der Waals surface area contributed by atoms with Crippen molar-refractivity contribution in [1.29, 1.82) is 0 Å². The first-order valence-corrected chi connectivity index (χ1v) is 9.72.